The van der Waals surface area contributed by atoms with Gasteiger partial charge in [0.2, 0.25) is 5.79 Å². The Hall–Kier alpha value is -1.01. The summed E-state index contributed by atoms with van der Waals surface area (Å²) in [7, 11) is -0.605. The maximum absolute atomic E-state index is 11.7. The molecule has 0 amide bonds. The molecule has 6 heteroatoms. The second-order valence-corrected chi connectivity index (χ2v) is 11.9. The van der Waals surface area contributed by atoms with Gasteiger partial charge < -0.3 is 18.6 Å². The molecule has 122 valence electrons. The molecule has 1 aliphatic rings. The predicted octanol–water partition coefficient (Wildman–Crippen LogP) is 3.56. The average molecular weight is 316 g/mol. The number of carbonyl (C=O) groups excluding carboxylic acids is 1. The maximum Gasteiger partial charge on any atom is 0.308 e. The van der Waals surface area contributed by atoms with Crippen LogP contribution in [0.3, 0.4) is 0 Å². The van der Waals surface area contributed by atoms with Gasteiger partial charge in [0, 0.05) is 13.3 Å². The second kappa shape index (κ2) is 6.40. The van der Waals surface area contributed by atoms with Crippen molar-refractivity contribution < 1.29 is 23.4 Å². The van der Waals surface area contributed by atoms with Crippen LogP contribution >= 0.6 is 0 Å². The van der Waals surface area contributed by atoms with Crippen LogP contribution in [0, 0.1) is 0 Å². The van der Waals surface area contributed by atoms with Crippen LogP contribution in [-0.2, 0) is 23.4 Å². The third-order valence-electron chi connectivity index (χ3n) is 4.18. The molecule has 21 heavy (non-hydrogen) atoms. The Morgan fingerprint density at radius 2 is 1.81 bits per heavy atom. The predicted molar refractivity (Wildman–Crippen MR) is 83.0 cm³/mol. The first kappa shape index (κ1) is 18.0. The Kier molecular flexibility index (Phi) is 5.49. The van der Waals surface area contributed by atoms with Gasteiger partial charge in [-0.1, -0.05) is 20.8 Å². The van der Waals surface area contributed by atoms with Gasteiger partial charge in [-0.25, -0.2) is 0 Å². The summed E-state index contributed by atoms with van der Waals surface area (Å²) in [6, 6.07) is 0. The number of ether oxygens (including phenoxy) is 3. The van der Waals surface area contributed by atoms with E-state index in [9.17, 15) is 4.79 Å². The fourth-order valence-electron chi connectivity index (χ4n) is 1.90. The number of hydrogen-bond donors (Lipinski definition) is 0. The van der Waals surface area contributed by atoms with Gasteiger partial charge in [0.05, 0.1) is 19.6 Å². The van der Waals surface area contributed by atoms with Crippen LogP contribution in [0.4, 0.5) is 0 Å². The van der Waals surface area contributed by atoms with E-state index in [4.69, 9.17) is 18.6 Å². The molecule has 5 nitrogen and oxygen atoms in total. The molecule has 0 aliphatic carbocycles. The molecule has 0 bridgehead atoms. The topological polar surface area (TPSA) is 54.0 Å². The highest BCUT2D eigenvalue weighted by Crippen LogP contribution is 2.39. The van der Waals surface area contributed by atoms with E-state index in [-0.39, 0.29) is 23.5 Å². The summed E-state index contributed by atoms with van der Waals surface area (Å²) in [5, 5.41) is 0.0674. The van der Waals surface area contributed by atoms with E-state index in [1.54, 1.807) is 0 Å². The van der Waals surface area contributed by atoms with Crippen molar-refractivity contribution in [1.29, 1.82) is 0 Å². The molecule has 0 radical (unpaired) electrons. The maximum atomic E-state index is 11.7. The highest BCUT2D eigenvalue weighted by Gasteiger charge is 2.42. The first-order valence-electron chi connectivity index (χ1n) is 7.24. The minimum atomic E-state index is -1.99. The molecule has 1 heterocycles. The van der Waals surface area contributed by atoms with Crippen LogP contribution < -0.4 is 0 Å². The molecule has 0 fully saturated rings. The van der Waals surface area contributed by atoms with Gasteiger partial charge >= 0.3 is 5.97 Å². The van der Waals surface area contributed by atoms with Crippen LogP contribution in [0.2, 0.25) is 18.1 Å². The van der Waals surface area contributed by atoms with Gasteiger partial charge in [0.1, 0.15) is 12.5 Å². The molecule has 1 atom stereocenters. The second-order valence-electron chi connectivity index (χ2n) is 7.13. The molecular formula is C15H28O5Si. The monoisotopic (exact) mass is 316 g/mol. The highest BCUT2D eigenvalue weighted by atomic mass is 28.4. The van der Waals surface area contributed by atoms with E-state index in [1.165, 1.54) is 19.6 Å². The third-order valence-corrected chi connectivity index (χ3v) is 8.71. The molecule has 0 unspecified atom stereocenters. The van der Waals surface area contributed by atoms with Crippen LogP contribution in [0.1, 0.15) is 40.5 Å². The zero-order valence-corrected chi connectivity index (χ0v) is 15.2. The average Bonchev–Trinajstić information content (AvgIpc) is 2.73. The van der Waals surface area contributed by atoms with Crippen molar-refractivity contribution in [3.8, 4) is 0 Å². The molecule has 0 aromatic heterocycles. The number of rotatable bonds is 6. The van der Waals surface area contributed by atoms with E-state index in [0.29, 0.717) is 6.42 Å². The Balaban J connectivity index is 2.80. The quantitative estimate of drug-likeness (QED) is 0.554. The summed E-state index contributed by atoms with van der Waals surface area (Å²) >= 11 is 0. The van der Waals surface area contributed by atoms with Gasteiger partial charge in [0.15, 0.2) is 8.32 Å². The molecule has 0 saturated carbocycles. The third kappa shape index (κ3) is 5.03. The fourth-order valence-corrected chi connectivity index (χ4v) is 3.25. The first-order chi connectivity index (χ1) is 9.49. The summed E-state index contributed by atoms with van der Waals surface area (Å²) in [5.74, 6) is -1.06. The molecule has 1 rings (SSSR count). The minimum absolute atomic E-state index is 0.0674. The number of esters is 1. The summed E-state index contributed by atoms with van der Waals surface area (Å²) in [6.45, 7) is 12.7. The van der Waals surface area contributed by atoms with Gasteiger partial charge in [-0.2, -0.15) is 0 Å². The van der Waals surface area contributed by atoms with Crippen molar-refractivity contribution in [2.45, 2.75) is 70.6 Å². The molecule has 0 aromatic rings. The van der Waals surface area contributed by atoms with Crippen molar-refractivity contribution in [3.05, 3.63) is 12.5 Å². The standard InChI is InChI=1S/C15H28O5Si/c1-14(2,3)21(6,7)20-12(10-13(16)17-5)11-15(4)18-8-9-19-15/h8-9,12H,10-11H2,1-7H3/t12-/m0/s1. The van der Waals surface area contributed by atoms with E-state index in [0.717, 1.165) is 0 Å². The molecular weight excluding hydrogens is 288 g/mol. The van der Waals surface area contributed by atoms with Gasteiger partial charge in [0.25, 0.3) is 0 Å². The minimum Gasteiger partial charge on any atom is -0.469 e. The summed E-state index contributed by atoms with van der Waals surface area (Å²) < 4.78 is 22.1. The highest BCUT2D eigenvalue weighted by molar-refractivity contribution is 6.74. The Labute approximate surface area is 128 Å². The molecule has 0 saturated heterocycles. The molecule has 0 aromatic carbocycles. The van der Waals surface area contributed by atoms with Crippen molar-refractivity contribution in [1.82, 2.24) is 0 Å². The number of hydrogen-bond acceptors (Lipinski definition) is 5. The largest absolute Gasteiger partial charge is 0.469 e. The van der Waals surface area contributed by atoms with Crippen molar-refractivity contribution in [2.75, 3.05) is 7.11 Å². The first-order valence-corrected chi connectivity index (χ1v) is 10.2. The van der Waals surface area contributed by atoms with Crippen LogP contribution in [0.25, 0.3) is 0 Å². The van der Waals surface area contributed by atoms with Gasteiger partial charge in [-0.15, -0.1) is 0 Å². The van der Waals surface area contributed by atoms with Crippen molar-refractivity contribution in [2.24, 2.45) is 0 Å². The fraction of sp³-hybridized carbons (Fsp3) is 0.800. The zero-order chi connectivity index (χ0) is 16.3. The lowest BCUT2D eigenvalue weighted by molar-refractivity contribution is -0.155. The lowest BCUT2D eigenvalue weighted by atomic mass is 10.1. The smallest absolute Gasteiger partial charge is 0.308 e. The van der Waals surface area contributed by atoms with Crippen molar-refractivity contribution in [3.63, 3.8) is 0 Å². The summed E-state index contributed by atoms with van der Waals surface area (Å²) in [4.78, 5) is 11.7. The van der Waals surface area contributed by atoms with Crippen LogP contribution in [0.15, 0.2) is 12.5 Å². The molecule has 0 spiro atoms. The Morgan fingerprint density at radius 1 is 1.29 bits per heavy atom. The van der Waals surface area contributed by atoms with E-state index < -0.39 is 14.1 Å². The van der Waals surface area contributed by atoms with Gasteiger partial charge in [-0.3, -0.25) is 4.79 Å². The van der Waals surface area contributed by atoms with E-state index in [1.807, 2.05) is 6.92 Å². The normalized spacial score (nSPS) is 18.8. The number of carbonyl (C=O) groups is 1. The summed E-state index contributed by atoms with van der Waals surface area (Å²) in [5.41, 5.74) is 0. The lowest BCUT2D eigenvalue weighted by Gasteiger charge is -2.40. The van der Waals surface area contributed by atoms with E-state index in [2.05, 4.69) is 33.9 Å². The lowest BCUT2D eigenvalue weighted by Crippen LogP contribution is -2.46. The number of methoxy groups -OCH3 is 1. The summed E-state index contributed by atoms with van der Waals surface area (Å²) in [6.07, 6.45) is 3.42. The van der Waals surface area contributed by atoms with Crippen LogP contribution in [0.5, 0.6) is 0 Å². The Bertz CT molecular complexity index is 389. The van der Waals surface area contributed by atoms with Crippen molar-refractivity contribution >= 4 is 14.3 Å². The molecule has 0 N–H and O–H groups in total. The van der Waals surface area contributed by atoms with Crippen LogP contribution in [-0.4, -0.2) is 33.3 Å². The zero-order valence-electron chi connectivity index (χ0n) is 14.2. The van der Waals surface area contributed by atoms with E-state index >= 15 is 0 Å². The Morgan fingerprint density at radius 3 is 2.24 bits per heavy atom. The SMILES string of the molecule is COC(=O)C[C@@H](CC1(C)OC=CO1)O[Si](C)(C)C(C)(C)C. The molecule has 1 aliphatic heterocycles. The van der Waals surface area contributed by atoms with Gasteiger partial charge in [-0.05, 0) is 18.1 Å².